The summed E-state index contributed by atoms with van der Waals surface area (Å²) >= 11 is 0. The molecule has 1 aromatic heterocycles. The van der Waals surface area contributed by atoms with Gasteiger partial charge in [-0.15, -0.1) is 0 Å². The van der Waals surface area contributed by atoms with E-state index in [1.165, 1.54) is 6.07 Å². The third kappa shape index (κ3) is 3.06. The molecule has 0 radical (unpaired) electrons. The van der Waals surface area contributed by atoms with Gasteiger partial charge in [-0.1, -0.05) is 13.3 Å². The Morgan fingerprint density at radius 2 is 2.16 bits per heavy atom. The first-order valence-electron chi connectivity index (χ1n) is 5.80. The molecule has 1 aliphatic rings. The largest absolute Gasteiger partial charge is 0.434 e. The molecule has 2 rings (SSSR count). The second kappa shape index (κ2) is 4.75. The number of hydrogen-bond donors (Lipinski definition) is 1. The topological polar surface area (TPSA) is 59.1 Å². The maximum atomic E-state index is 12.7. The molecule has 1 N–H and O–H groups in total. The Morgan fingerprint density at radius 3 is 2.68 bits per heavy atom. The summed E-state index contributed by atoms with van der Waals surface area (Å²) in [6.45, 7) is 1.91. The molecular formula is C11H13F3N2O2S. The number of nitrogens with one attached hydrogen (secondary N) is 1. The van der Waals surface area contributed by atoms with Crippen molar-refractivity contribution in [1.82, 2.24) is 9.71 Å². The van der Waals surface area contributed by atoms with Crippen molar-refractivity contribution < 1.29 is 21.6 Å². The fourth-order valence-corrected chi connectivity index (χ4v) is 3.42. The monoisotopic (exact) mass is 294 g/mol. The molecule has 1 aliphatic carbocycles. The lowest BCUT2D eigenvalue weighted by atomic mass is 10.3. The third-order valence-electron chi connectivity index (χ3n) is 3.08. The van der Waals surface area contributed by atoms with Crippen molar-refractivity contribution in [2.45, 2.75) is 36.9 Å². The summed E-state index contributed by atoms with van der Waals surface area (Å²) in [6.07, 6.45) is -2.41. The normalized spacial score (nSPS) is 23.4. The van der Waals surface area contributed by atoms with Gasteiger partial charge in [0.25, 0.3) is 0 Å². The fourth-order valence-electron chi connectivity index (χ4n) is 1.93. The van der Waals surface area contributed by atoms with Crippen LogP contribution >= 0.6 is 0 Å². The van der Waals surface area contributed by atoms with Crippen LogP contribution in [0, 0.1) is 5.92 Å². The first-order chi connectivity index (χ1) is 8.75. The molecule has 0 saturated heterocycles. The number of halogens is 3. The van der Waals surface area contributed by atoms with Gasteiger partial charge < -0.3 is 0 Å². The smallest absolute Gasteiger partial charge is 0.250 e. The number of pyridine rings is 1. The van der Waals surface area contributed by atoms with Gasteiger partial charge in [0.1, 0.15) is 4.90 Å². The van der Waals surface area contributed by atoms with Crippen LogP contribution in [0.15, 0.2) is 23.2 Å². The number of rotatable bonds is 4. The van der Waals surface area contributed by atoms with Gasteiger partial charge in [0, 0.05) is 12.2 Å². The third-order valence-corrected chi connectivity index (χ3v) is 4.60. The van der Waals surface area contributed by atoms with Gasteiger partial charge in [-0.3, -0.25) is 4.98 Å². The zero-order valence-electron chi connectivity index (χ0n) is 10.1. The Labute approximate surface area is 109 Å². The van der Waals surface area contributed by atoms with E-state index in [9.17, 15) is 21.6 Å². The van der Waals surface area contributed by atoms with E-state index in [-0.39, 0.29) is 12.0 Å². The van der Waals surface area contributed by atoms with E-state index in [1.807, 2.05) is 6.92 Å². The van der Waals surface area contributed by atoms with E-state index < -0.39 is 26.8 Å². The van der Waals surface area contributed by atoms with Crippen molar-refractivity contribution in [3.8, 4) is 0 Å². The van der Waals surface area contributed by atoms with Gasteiger partial charge in [0.15, 0.2) is 5.69 Å². The average Bonchev–Trinajstić information content (AvgIpc) is 3.05. The van der Waals surface area contributed by atoms with E-state index in [0.29, 0.717) is 6.42 Å². The summed E-state index contributed by atoms with van der Waals surface area (Å²) in [7, 11) is -4.19. The lowest BCUT2D eigenvalue weighted by Gasteiger charge is -2.12. The van der Waals surface area contributed by atoms with Crippen LogP contribution in [0.5, 0.6) is 0 Å². The lowest BCUT2D eigenvalue weighted by Crippen LogP contribution is -2.29. The Hall–Kier alpha value is -1.15. The summed E-state index contributed by atoms with van der Waals surface area (Å²) in [4.78, 5) is 2.32. The second-order valence-electron chi connectivity index (χ2n) is 4.48. The SMILES string of the molecule is CC[C@@H]1C[C@H]1NS(=O)(=O)c1cccnc1C(F)(F)F. The molecule has 1 heterocycles. The molecule has 1 fully saturated rings. The zero-order valence-corrected chi connectivity index (χ0v) is 10.9. The highest BCUT2D eigenvalue weighted by atomic mass is 32.2. The Kier molecular flexibility index (Phi) is 3.57. The van der Waals surface area contributed by atoms with E-state index in [2.05, 4.69) is 9.71 Å². The predicted octanol–water partition coefficient (Wildman–Crippen LogP) is 2.18. The number of nitrogens with zero attached hydrogens (tertiary/aromatic N) is 1. The van der Waals surface area contributed by atoms with Gasteiger partial charge >= 0.3 is 6.18 Å². The van der Waals surface area contributed by atoms with E-state index in [1.54, 1.807) is 0 Å². The second-order valence-corrected chi connectivity index (χ2v) is 6.16. The molecule has 0 aliphatic heterocycles. The molecule has 19 heavy (non-hydrogen) atoms. The molecule has 0 unspecified atom stereocenters. The van der Waals surface area contributed by atoms with Crippen molar-refractivity contribution >= 4 is 10.0 Å². The van der Waals surface area contributed by atoms with Crippen LogP contribution in [-0.4, -0.2) is 19.4 Å². The molecular weight excluding hydrogens is 281 g/mol. The molecule has 0 spiro atoms. The van der Waals surface area contributed by atoms with Crippen LogP contribution in [0.4, 0.5) is 13.2 Å². The fraction of sp³-hybridized carbons (Fsp3) is 0.545. The number of hydrogen-bond acceptors (Lipinski definition) is 3. The maximum absolute atomic E-state index is 12.7. The summed E-state index contributed by atoms with van der Waals surface area (Å²) in [5, 5.41) is 0. The van der Waals surface area contributed by atoms with E-state index in [4.69, 9.17) is 0 Å². The molecule has 0 aromatic carbocycles. The minimum atomic E-state index is -4.79. The maximum Gasteiger partial charge on any atom is 0.434 e. The van der Waals surface area contributed by atoms with Crippen molar-refractivity contribution in [3.63, 3.8) is 0 Å². The molecule has 1 saturated carbocycles. The Bertz CT molecular complexity index is 572. The van der Waals surface area contributed by atoms with Gasteiger partial charge in [-0.05, 0) is 24.5 Å². The average molecular weight is 294 g/mol. The molecule has 0 bridgehead atoms. The number of alkyl halides is 3. The highest BCUT2D eigenvalue weighted by molar-refractivity contribution is 7.89. The molecule has 8 heteroatoms. The number of aromatic nitrogens is 1. The standard InChI is InChI=1S/C11H13F3N2O2S/c1-2-7-6-8(7)16-19(17,18)9-4-3-5-15-10(9)11(12,13)14/h3-5,7-8,16H,2,6H2,1H3/t7-,8-/m1/s1. The van der Waals surface area contributed by atoms with Gasteiger partial charge in [-0.2, -0.15) is 13.2 Å². The Balaban J connectivity index is 2.31. The molecule has 1 aromatic rings. The van der Waals surface area contributed by atoms with E-state index in [0.717, 1.165) is 18.7 Å². The first-order valence-corrected chi connectivity index (χ1v) is 7.28. The first kappa shape index (κ1) is 14.3. The van der Waals surface area contributed by atoms with E-state index >= 15 is 0 Å². The van der Waals surface area contributed by atoms with Gasteiger partial charge in [-0.25, -0.2) is 13.1 Å². The van der Waals surface area contributed by atoms with Gasteiger partial charge in [0.2, 0.25) is 10.0 Å². The summed E-state index contributed by atoms with van der Waals surface area (Å²) < 4.78 is 64.4. The quantitative estimate of drug-likeness (QED) is 0.926. The minimum absolute atomic E-state index is 0.209. The van der Waals surface area contributed by atoms with Crippen molar-refractivity contribution in [1.29, 1.82) is 0 Å². The van der Waals surface area contributed by atoms with Crippen LogP contribution in [-0.2, 0) is 16.2 Å². The molecule has 2 atom stereocenters. The van der Waals surface area contributed by atoms with Gasteiger partial charge in [0.05, 0.1) is 0 Å². The Morgan fingerprint density at radius 1 is 1.47 bits per heavy atom. The summed E-state index contributed by atoms with van der Waals surface area (Å²) in [5.74, 6) is 0.209. The van der Waals surface area contributed by atoms with Crippen molar-refractivity contribution in [2.24, 2.45) is 5.92 Å². The summed E-state index contributed by atoms with van der Waals surface area (Å²) in [6, 6.07) is 1.83. The minimum Gasteiger partial charge on any atom is -0.250 e. The number of sulfonamides is 1. The zero-order chi connectivity index (χ0) is 14.3. The lowest BCUT2D eigenvalue weighted by molar-refractivity contribution is -0.143. The van der Waals surface area contributed by atoms with Crippen LogP contribution in [0.3, 0.4) is 0 Å². The van der Waals surface area contributed by atoms with Crippen molar-refractivity contribution in [3.05, 3.63) is 24.0 Å². The van der Waals surface area contributed by atoms with Crippen LogP contribution in [0.25, 0.3) is 0 Å². The highest BCUT2D eigenvalue weighted by Crippen LogP contribution is 2.36. The molecule has 0 amide bonds. The van der Waals surface area contributed by atoms with Crippen LogP contribution < -0.4 is 4.72 Å². The predicted molar refractivity (Wildman–Crippen MR) is 61.7 cm³/mol. The van der Waals surface area contributed by atoms with Crippen LogP contribution in [0.1, 0.15) is 25.5 Å². The summed E-state index contributed by atoms with van der Waals surface area (Å²) in [5.41, 5.74) is -1.38. The highest BCUT2D eigenvalue weighted by Gasteiger charge is 2.43. The van der Waals surface area contributed by atoms with Crippen molar-refractivity contribution in [2.75, 3.05) is 0 Å². The van der Waals surface area contributed by atoms with Crippen LogP contribution in [0.2, 0.25) is 0 Å². The molecule has 4 nitrogen and oxygen atoms in total. The molecule has 106 valence electrons.